The fourth-order valence-corrected chi connectivity index (χ4v) is 4.39. The van der Waals surface area contributed by atoms with Gasteiger partial charge in [0.25, 0.3) is 5.91 Å². The lowest BCUT2D eigenvalue weighted by Crippen LogP contribution is -3.16. The van der Waals surface area contributed by atoms with Gasteiger partial charge in [0, 0.05) is 0 Å². The predicted molar refractivity (Wildman–Crippen MR) is 99.8 cm³/mol. The number of carbonyl (C=O) groups excluding carboxylic acids is 2. The first-order valence-corrected chi connectivity index (χ1v) is 10.3. The lowest BCUT2D eigenvalue weighted by Gasteiger charge is -2.31. The van der Waals surface area contributed by atoms with Gasteiger partial charge in [-0.1, -0.05) is 17.7 Å². The molecular formula is C18H23N4O5S+. The maximum Gasteiger partial charge on any atom is 0.305 e. The van der Waals surface area contributed by atoms with E-state index < -0.39 is 15.9 Å². The first-order chi connectivity index (χ1) is 13.4. The molecule has 2 heterocycles. The minimum atomic E-state index is -3.53. The molecule has 10 heteroatoms. The maximum atomic E-state index is 12.7. The molecule has 1 fully saturated rings. The standard InChI is InChI=1S/C18H22N4O5S/c1-14-4-6-15(7-5-14)28(25,26)22-10-8-21(9-11-22)13-17(23)19-20-18(24)16-3-2-12-27-16/h2-7,12H,8-11,13H2,1H3,(H,19,23)(H,20,24)/p+1. The number of nitrogens with one attached hydrogen (secondary N) is 3. The summed E-state index contributed by atoms with van der Waals surface area (Å²) in [5.41, 5.74) is 5.62. The Hall–Kier alpha value is -2.69. The van der Waals surface area contributed by atoms with Crippen LogP contribution in [-0.2, 0) is 14.8 Å². The molecule has 0 aliphatic carbocycles. The van der Waals surface area contributed by atoms with E-state index in [2.05, 4.69) is 10.9 Å². The van der Waals surface area contributed by atoms with Crippen molar-refractivity contribution in [1.82, 2.24) is 15.2 Å². The van der Waals surface area contributed by atoms with Crippen LogP contribution in [0.15, 0.2) is 52.0 Å². The molecule has 0 bridgehead atoms. The predicted octanol–water partition coefficient (Wildman–Crippen LogP) is -1.06. The number of hydrogen-bond acceptors (Lipinski definition) is 5. The van der Waals surface area contributed by atoms with Crippen LogP contribution in [0.3, 0.4) is 0 Å². The smallest absolute Gasteiger partial charge is 0.305 e. The molecule has 2 aromatic rings. The van der Waals surface area contributed by atoms with Crippen LogP contribution in [0.5, 0.6) is 0 Å². The van der Waals surface area contributed by atoms with Gasteiger partial charge in [0.05, 0.1) is 37.3 Å². The molecule has 150 valence electrons. The monoisotopic (exact) mass is 407 g/mol. The molecule has 0 saturated carbocycles. The molecule has 1 aliphatic heterocycles. The Balaban J connectivity index is 1.46. The molecule has 1 saturated heterocycles. The van der Waals surface area contributed by atoms with Gasteiger partial charge in [0.1, 0.15) is 0 Å². The summed E-state index contributed by atoms with van der Waals surface area (Å²) in [4.78, 5) is 24.9. The van der Waals surface area contributed by atoms with Gasteiger partial charge in [-0.2, -0.15) is 4.31 Å². The molecule has 3 N–H and O–H groups in total. The normalized spacial score (nSPS) is 15.9. The molecule has 0 atom stereocenters. The first kappa shape index (κ1) is 20.1. The molecule has 1 aliphatic rings. The van der Waals surface area contributed by atoms with Crippen LogP contribution >= 0.6 is 0 Å². The van der Waals surface area contributed by atoms with Crippen molar-refractivity contribution in [3.63, 3.8) is 0 Å². The van der Waals surface area contributed by atoms with Crippen molar-refractivity contribution in [1.29, 1.82) is 0 Å². The van der Waals surface area contributed by atoms with E-state index in [9.17, 15) is 18.0 Å². The van der Waals surface area contributed by atoms with Crippen LogP contribution in [0.25, 0.3) is 0 Å². The third-order valence-corrected chi connectivity index (χ3v) is 6.47. The Bertz CT molecular complexity index is 917. The molecule has 3 rings (SSSR count). The summed E-state index contributed by atoms with van der Waals surface area (Å²) < 4.78 is 31.8. The Labute approximate surface area is 163 Å². The number of carbonyl (C=O) groups is 2. The van der Waals surface area contributed by atoms with Crippen molar-refractivity contribution >= 4 is 21.8 Å². The molecular weight excluding hydrogens is 384 g/mol. The zero-order chi connectivity index (χ0) is 20.1. The van der Waals surface area contributed by atoms with E-state index in [1.165, 1.54) is 16.6 Å². The number of amides is 2. The van der Waals surface area contributed by atoms with Gasteiger partial charge < -0.3 is 9.32 Å². The van der Waals surface area contributed by atoms with Crippen LogP contribution < -0.4 is 15.8 Å². The average Bonchev–Trinajstić information content (AvgIpc) is 3.22. The number of rotatable bonds is 5. The molecule has 0 spiro atoms. The van der Waals surface area contributed by atoms with E-state index in [0.29, 0.717) is 26.2 Å². The van der Waals surface area contributed by atoms with E-state index in [0.717, 1.165) is 10.5 Å². The van der Waals surface area contributed by atoms with Crippen LogP contribution in [0.4, 0.5) is 0 Å². The zero-order valence-electron chi connectivity index (χ0n) is 15.5. The fraction of sp³-hybridized carbons (Fsp3) is 0.333. The number of benzene rings is 1. The highest BCUT2D eigenvalue weighted by molar-refractivity contribution is 7.89. The van der Waals surface area contributed by atoms with Crippen LogP contribution in [0, 0.1) is 6.92 Å². The Morgan fingerprint density at radius 1 is 1.11 bits per heavy atom. The summed E-state index contributed by atoms with van der Waals surface area (Å²) in [7, 11) is -3.53. The van der Waals surface area contributed by atoms with Crippen LogP contribution in [0.2, 0.25) is 0 Å². The molecule has 1 aromatic heterocycles. The third-order valence-electron chi connectivity index (χ3n) is 4.56. The lowest BCUT2D eigenvalue weighted by atomic mass is 10.2. The van der Waals surface area contributed by atoms with Gasteiger partial charge in [0.15, 0.2) is 12.3 Å². The minimum absolute atomic E-state index is 0.0996. The third kappa shape index (κ3) is 4.77. The average molecular weight is 407 g/mol. The van der Waals surface area contributed by atoms with Gasteiger partial charge in [0.2, 0.25) is 10.0 Å². The molecule has 0 radical (unpaired) electrons. The van der Waals surface area contributed by atoms with Gasteiger partial charge in [-0.05, 0) is 31.2 Å². The van der Waals surface area contributed by atoms with Gasteiger partial charge in [-0.25, -0.2) is 8.42 Å². The second-order valence-corrected chi connectivity index (χ2v) is 8.56. The van der Waals surface area contributed by atoms with Crippen molar-refractivity contribution in [3.05, 3.63) is 54.0 Å². The summed E-state index contributed by atoms with van der Waals surface area (Å²) in [5.74, 6) is -0.797. The summed E-state index contributed by atoms with van der Waals surface area (Å²) in [5, 5.41) is 0. The fourth-order valence-electron chi connectivity index (χ4n) is 2.95. The molecule has 0 unspecified atom stereocenters. The van der Waals surface area contributed by atoms with E-state index in [1.807, 2.05) is 6.92 Å². The number of nitrogens with zero attached hydrogens (tertiary/aromatic N) is 1. The van der Waals surface area contributed by atoms with Crippen molar-refractivity contribution in [2.75, 3.05) is 32.7 Å². The summed E-state index contributed by atoms with van der Waals surface area (Å²) in [6.45, 7) is 3.71. The van der Waals surface area contributed by atoms with Gasteiger partial charge in [-0.3, -0.25) is 20.4 Å². The highest BCUT2D eigenvalue weighted by Gasteiger charge is 2.31. The second-order valence-electron chi connectivity index (χ2n) is 6.62. The van der Waals surface area contributed by atoms with Gasteiger partial charge in [-0.15, -0.1) is 0 Å². The summed E-state index contributed by atoms with van der Waals surface area (Å²) in [6, 6.07) is 9.83. The summed E-state index contributed by atoms with van der Waals surface area (Å²) >= 11 is 0. The zero-order valence-corrected chi connectivity index (χ0v) is 16.3. The number of piperazine rings is 1. The van der Waals surface area contributed by atoms with Crippen LogP contribution in [-0.4, -0.2) is 57.3 Å². The van der Waals surface area contributed by atoms with E-state index in [-0.39, 0.29) is 23.1 Å². The van der Waals surface area contributed by atoms with Crippen molar-refractivity contribution < 1.29 is 27.3 Å². The molecule has 28 heavy (non-hydrogen) atoms. The lowest BCUT2D eigenvalue weighted by molar-refractivity contribution is -0.895. The number of sulfonamides is 1. The Kier molecular flexibility index (Phi) is 6.12. The maximum absolute atomic E-state index is 12.7. The molecule has 9 nitrogen and oxygen atoms in total. The van der Waals surface area contributed by atoms with E-state index in [4.69, 9.17) is 4.42 Å². The SMILES string of the molecule is Cc1ccc(S(=O)(=O)N2CC[NH+](CC(=O)NNC(=O)c3ccco3)CC2)cc1. The highest BCUT2D eigenvalue weighted by Crippen LogP contribution is 2.16. The number of hydrazine groups is 1. The minimum Gasteiger partial charge on any atom is -0.459 e. The topological polar surface area (TPSA) is 113 Å². The van der Waals surface area contributed by atoms with Crippen molar-refractivity contribution in [3.8, 4) is 0 Å². The second kappa shape index (κ2) is 8.55. The largest absolute Gasteiger partial charge is 0.459 e. The number of furan rings is 1. The summed E-state index contributed by atoms with van der Waals surface area (Å²) in [6.07, 6.45) is 1.37. The first-order valence-electron chi connectivity index (χ1n) is 8.89. The van der Waals surface area contributed by atoms with Crippen molar-refractivity contribution in [2.24, 2.45) is 0 Å². The Morgan fingerprint density at radius 3 is 2.39 bits per heavy atom. The van der Waals surface area contributed by atoms with Gasteiger partial charge >= 0.3 is 5.91 Å². The quantitative estimate of drug-likeness (QED) is 0.547. The number of quaternary nitrogens is 1. The molecule has 2 amide bonds. The van der Waals surface area contributed by atoms with Crippen molar-refractivity contribution in [2.45, 2.75) is 11.8 Å². The Morgan fingerprint density at radius 2 is 1.79 bits per heavy atom. The highest BCUT2D eigenvalue weighted by atomic mass is 32.2. The van der Waals surface area contributed by atoms with E-state index >= 15 is 0 Å². The number of aryl methyl sites for hydroxylation is 1. The van der Waals surface area contributed by atoms with E-state index in [1.54, 1.807) is 30.3 Å². The van der Waals surface area contributed by atoms with Crippen LogP contribution in [0.1, 0.15) is 16.1 Å². The number of hydrogen-bond donors (Lipinski definition) is 3. The molecule has 1 aromatic carbocycles.